The highest BCUT2D eigenvalue weighted by Gasteiger charge is 2.09. The van der Waals surface area contributed by atoms with E-state index in [0.717, 1.165) is 5.69 Å². The molecule has 1 aromatic carbocycles. The number of anilines is 2. The molecule has 0 bridgehead atoms. The second-order valence-electron chi connectivity index (χ2n) is 4.34. The summed E-state index contributed by atoms with van der Waals surface area (Å²) in [5, 5.41) is 7.06. The monoisotopic (exact) mass is 296 g/mol. The topological polar surface area (TPSA) is 72.9 Å². The molecule has 0 spiro atoms. The number of amides is 1. The molecule has 0 aliphatic carbocycles. The van der Waals surface area contributed by atoms with Crippen molar-refractivity contribution in [1.29, 1.82) is 0 Å². The van der Waals surface area contributed by atoms with Crippen LogP contribution < -0.4 is 11.1 Å². The first kappa shape index (κ1) is 14.3. The van der Waals surface area contributed by atoms with E-state index in [-0.39, 0.29) is 18.0 Å². The molecule has 0 atom stereocenters. The van der Waals surface area contributed by atoms with Crippen LogP contribution in [0.4, 0.5) is 15.8 Å². The summed E-state index contributed by atoms with van der Waals surface area (Å²) in [6, 6.07) is 4.02. The van der Waals surface area contributed by atoms with Crippen molar-refractivity contribution < 1.29 is 9.18 Å². The standard InChI is InChI=1S/C13H14ClFN4O/c1-8-10(14)7-17-19(8)5-4-13(20)18-12-6-9(16)2-3-11(12)15/h2-3,6-7H,4-5,16H2,1H3,(H,18,20). The van der Waals surface area contributed by atoms with Crippen LogP contribution in [0.2, 0.25) is 5.02 Å². The van der Waals surface area contributed by atoms with E-state index in [1.165, 1.54) is 24.4 Å². The minimum absolute atomic E-state index is 0.0743. The normalized spacial score (nSPS) is 10.6. The summed E-state index contributed by atoms with van der Waals surface area (Å²) >= 11 is 5.87. The Morgan fingerprint density at radius 2 is 2.30 bits per heavy atom. The molecule has 5 nitrogen and oxygen atoms in total. The van der Waals surface area contributed by atoms with Gasteiger partial charge in [0.2, 0.25) is 5.91 Å². The lowest BCUT2D eigenvalue weighted by Crippen LogP contribution is -2.16. The fourth-order valence-corrected chi connectivity index (χ4v) is 1.85. The van der Waals surface area contributed by atoms with Crippen molar-refractivity contribution in [1.82, 2.24) is 9.78 Å². The molecule has 0 aliphatic heterocycles. The molecule has 106 valence electrons. The van der Waals surface area contributed by atoms with Crippen LogP contribution in [-0.4, -0.2) is 15.7 Å². The zero-order valence-corrected chi connectivity index (χ0v) is 11.6. The van der Waals surface area contributed by atoms with Gasteiger partial charge in [0.15, 0.2) is 0 Å². The van der Waals surface area contributed by atoms with E-state index in [1.807, 2.05) is 6.92 Å². The van der Waals surface area contributed by atoms with Crippen molar-refractivity contribution in [3.05, 3.63) is 40.9 Å². The molecule has 0 aliphatic rings. The van der Waals surface area contributed by atoms with Crippen LogP contribution in [0.3, 0.4) is 0 Å². The van der Waals surface area contributed by atoms with Gasteiger partial charge in [0.1, 0.15) is 5.82 Å². The van der Waals surface area contributed by atoms with Gasteiger partial charge in [0.05, 0.1) is 29.1 Å². The Hall–Kier alpha value is -2.08. The van der Waals surface area contributed by atoms with Crippen molar-refractivity contribution in [3.8, 4) is 0 Å². The Kier molecular flexibility index (Phi) is 4.24. The summed E-state index contributed by atoms with van der Waals surface area (Å²) in [7, 11) is 0. The number of aryl methyl sites for hydroxylation is 1. The lowest BCUT2D eigenvalue weighted by atomic mass is 10.2. The quantitative estimate of drug-likeness (QED) is 0.852. The van der Waals surface area contributed by atoms with Gasteiger partial charge in [-0.05, 0) is 25.1 Å². The summed E-state index contributed by atoms with van der Waals surface area (Å²) in [6.45, 7) is 2.18. The third-order valence-corrected chi connectivity index (χ3v) is 3.23. The highest BCUT2D eigenvalue weighted by molar-refractivity contribution is 6.31. The van der Waals surface area contributed by atoms with E-state index >= 15 is 0 Å². The first-order valence-corrected chi connectivity index (χ1v) is 6.38. The van der Waals surface area contributed by atoms with E-state index in [9.17, 15) is 9.18 Å². The molecule has 0 saturated carbocycles. The predicted molar refractivity (Wildman–Crippen MR) is 76.0 cm³/mol. The average molecular weight is 297 g/mol. The number of halogens is 2. The number of hydrogen-bond acceptors (Lipinski definition) is 3. The van der Waals surface area contributed by atoms with Gasteiger partial charge in [-0.25, -0.2) is 4.39 Å². The van der Waals surface area contributed by atoms with Crippen LogP contribution in [0.1, 0.15) is 12.1 Å². The molecular formula is C13H14ClFN4O. The minimum Gasteiger partial charge on any atom is -0.399 e. The molecule has 3 N–H and O–H groups in total. The third-order valence-electron chi connectivity index (χ3n) is 2.86. The maximum atomic E-state index is 13.5. The number of aromatic nitrogens is 2. The summed E-state index contributed by atoms with van der Waals surface area (Å²) in [4.78, 5) is 11.8. The molecule has 1 heterocycles. The zero-order chi connectivity index (χ0) is 14.7. The summed E-state index contributed by atoms with van der Waals surface area (Å²) < 4.78 is 15.1. The van der Waals surface area contributed by atoms with Crippen LogP contribution in [0, 0.1) is 12.7 Å². The fourth-order valence-electron chi connectivity index (χ4n) is 1.71. The Morgan fingerprint density at radius 1 is 1.55 bits per heavy atom. The van der Waals surface area contributed by atoms with E-state index in [4.69, 9.17) is 17.3 Å². The highest BCUT2D eigenvalue weighted by atomic mass is 35.5. The zero-order valence-electron chi connectivity index (χ0n) is 10.9. The lowest BCUT2D eigenvalue weighted by molar-refractivity contribution is -0.116. The predicted octanol–water partition coefficient (Wildman–Crippen LogP) is 2.60. The van der Waals surface area contributed by atoms with Gasteiger partial charge < -0.3 is 11.1 Å². The molecule has 20 heavy (non-hydrogen) atoms. The van der Waals surface area contributed by atoms with Gasteiger partial charge in [-0.2, -0.15) is 5.10 Å². The smallest absolute Gasteiger partial charge is 0.226 e. The molecular weight excluding hydrogens is 283 g/mol. The van der Waals surface area contributed by atoms with Crippen LogP contribution >= 0.6 is 11.6 Å². The molecule has 0 radical (unpaired) electrons. The number of nitrogens with zero attached hydrogens (tertiary/aromatic N) is 2. The first-order valence-electron chi connectivity index (χ1n) is 6.00. The van der Waals surface area contributed by atoms with Gasteiger partial charge >= 0.3 is 0 Å². The number of carbonyl (C=O) groups is 1. The van der Waals surface area contributed by atoms with Crippen LogP contribution in [0.25, 0.3) is 0 Å². The fraction of sp³-hybridized carbons (Fsp3) is 0.231. The molecule has 0 saturated heterocycles. The third kappa shape index (κ3) is 3.27. The number of nitrogen functional groups attached to an aromatic ring is 1. The molecule has 7 heteroatoms. The van der Waals surface area contributed by atoms with Gasteiger partial charge in [-0.15, -0.1) is 0 Å². The number of rotatable bonds is 4. The summed E-state index contributed by atoms with van der Waals surface area (Å²) in [5.74, 6) is -0.841. The van der Waals surface area contributed by atoms with Gasteiger partial charge in [-0.3, -0.25) is 9.48 Å². The van der Waals surface area contributed by atoms with Gasteiger partial charge in [0.25, 0.3) is 0 Å². The Balaban J connectivity index is 1.96. The Labute approximate surface area is 120 Å². The van der Waals surface area contributed by atoms with Crippen LogP contribution in [0.15, 0.2) is 24.4 Å². The summed E-state index contributed by atoms with van der Waals surface area (Å²) in [5.41, 5.74) is 6.79. The van der Waals surface area contributed by atoms with Crippen LogP contribution in [0.5, 0.6) is 0 Å². The SMILES string of the molecule is Cc1c(Cl)cnn1CCC(=O)Nc1cc(N)ccc1F. The number of nitrogens with one attached hydrogen (secondary N) is 1. The molecule has 0 unspecified atom stereocenters. The molecule has 2 rings (SSSR count). The minimum atomic E-state index is -0.522. The van der Waals surface area contributed by atoms with Crippen molar-refractivity contribution >= 4 is 28.9 Å². The Bertz CT molecular complexity index is 641. The van der Waals surface area contributed by atoms with E-state index < -0.39 is 5.82 Å². The van der Waals surface area contributed by atoms with Crippen LogP contribution in [-0.2, 0) is 11.3 Å². The largest absolute Gasteiger partial charge is 0.399 e. The number of nitrogens with two attached hydrogens (primary N) is 1. The number of benzene rings is 1. The number of carbonyl (C=O) groups excluding carboxylic acids is 1. The maximum absolute atomic E-state index is 13.5. The number of hydrogen-bond donors (Lipinski definition) is 2. The second kappa shape index (κ2) is 5.92. The average Bonchev–Trinajstić information content (AvgIpc) is 2.72. The second-order valence-corrected chi connectivity index (χ2v) is 4.75. The molecule has 1 aromatic heterocycles. The van der Waals surface area contributed by atoms with Crippen molar-refractivity contribution in [2.45, 2.75) is 19.9 Å². The van der Waals surface area contributed by atoms with E-state index in [0.29, 0.717) is 17.3 Å². The molecule has 1 amide bonds. The van der Waals surface area contributed by atoms with E-state index in [1.54, 1.807) is 4.68 Å². The highest BCUT2D eigenvalue weighted by Crippen LogP contribution is 2.18. The van der Waals surface area contributed by atoms with Crippen molar-refractivity contribution in [2.75, 3.05) is 11.1 Å². The Morgan fingerprint density at radius 3 is 2.95 bits per heavy atom. The van der Waals surface area contributed by atoms with E-state index in [2.05, 4.69) is 10.4 Å². The molecule has 0 fully saturated rings. The van der Waals surface area contributed by atoms with Gasteiger partial charge in [-0.1, -0.05) is 11.6 Å². The molecule has 2 aromatic rings. The van der Waals surface area contributed by atoms with Crippen molar-refractivity contribution in [2.24, 2.45) is 0 Å². The lowest BCUT2D eigenvalue weighted by Gasteiger charge is -2.08. The van der Waals surface area contributed by atoms with Gasteiger partial charge in [0, 0.05) is 12.1 Å². The van der Waals surface area contributed by atoms with Crippen molar-refractivity contribution in [3.63, 3.8) is 0 Å². The summed E-state index contributed by atoms with van der Waals surface area (Å²) in [6.07, 6.45) is 1.68. The maximum Gasteiger partial charge on any atom is 0.226 e. The first-order chi connectivity index (χ1) is 9.47.